The summed E-state index contributed by atoms with van der Waals surface area (Å²) in [6.07, 6.45) is 10.2. The fourth-order valence-electron chi connectivity index (χ4n) is 3.24. The number of nitrogens with two attached hydrogens (primary N) is 1. The van der Waals surface area contributed by atoms with E-state index < -0.39 is 0 Å². The Balaban J connectivity index is 1.56. The summed E-state index contributed by atoms with van der Waals surface area (Å²) in [5, 5.41) is 0. The molecule has 0 aromatic carbocycles. The van der Waals surface area contributed by atoms with Gasteiger partial charge in [0.25, 0.3) is 0 Å². The van der Waals surface area contributed by atoms with E-state index in [1.165, 1.54) is 38.5 Å². The molecule has 4 heteroatoms. The average molecular weight is 246 g/mol. The summed E-state index contributed by atoms with van der Waals surface area (Å²) in [4.78, 5) is 10.9. The number of hydrogen-bond donors (Lipinski definition) is 1. The smallest absolute Gasteiger partial charge is 0.220 e. The molecule has 2 N–H and O–H groups in total. The van der Waals surface area contributed by atoms with Crippen LogP contribution in [-0.2, 0) is 0 Å². The third-order valence-electron chi connectivity index (χ3n) is 4.36. The second-order valence-corrected chi connectivity index (χ2v) is 5.64. The Bertz CT molecular complexity index is 393. The predicted octanol–water partition coefficient (Wildman–Crippen LogP) is 2.18. The number of anilines is 1. The van der Waals surface area contributed by atoms with Crippen LogP contribution in [0.4, 0.5) is 5.95 Å². The zero-order valence-corrected chi connectivity index (χ0v) is 10.9. The van der Waals surface area contributed by atoms with Gasteiger partial charge in [0.05, 0.1) is 5.69 Å². The maximum atomic E-state index is 5.64. The molecule has 2 heterocycles. The SMILES string of the molecule is Nc1nccc(C2CN(C3CCCCCC3)C2)n1. The summed E-state index contributed by atoms with van der Waals surface area (Å²) >= 11 is 0. The van der Waals surface area contributed by atoms with Crippen molar-refractivity contribution in [2.24, 2.45) is 0 Å². The first-order chi connectivity index (χ1) is 8.83. The highest BCUT2D eigenvalue weighted by Gasteiger charge is 2.34. The first-order valence-electron chi connectivity index (χ1n) is 7.15. The van der Waals surface area contributed by atoms with Crippen LogP contribution in [0.15, 0.2) is 12.3 Å². The molecule has 1 aromatic rings. The number of nitrogens with zero attached hydrogens (tertiary/aromatic N) is 3. The van der Waals surface area contributed by atoms with Crippen LogP contribution >= 0.6 is 0 Å². The minimum atomic E-state index is 0.403. The van der Waals surface area contributed by atoms with E-state index in [0.717, 1.165) is 24.8 Å². The molecule has 98 valence electrons. The maximum absolute atomic E-state index is 5.64. The molecule has 0 radical (unpaired) electrons. The zero-order valence-electron chi connectivity index (χ0n) is 10.9. The van der Waals surface area contributed by atoms with Gasteiger partial charge in [0.1, 0.15) is 0 Å². The fraction of sp³-hybridized carbons (Fsp3) is 0.714. The molecule has 0 spiro atoms. The Kier molecular flexibility index (Phi) is 3.46. The van der Waals surface area contributed by atoms with E-state index in [4.69, 9.17) is 5.73 Å². The molecule has 0 amide bonds. The highest BCUT2D eigenvalue weighted by Crippen LogP contribution is 2.32. The number of likely N-dealkylation sites (tertiary alicyclic amines) is 1. The lowest BCUT2D eigenvalue weighted by Crippen LogP contribution is -2.50. The van der Waals surface area contributed by atoms with Gasteiger partial charge >= 0.3 is 0 Å². The Hall–Kier alpha value is -1.16. The third kappa shape index (κ3) is 2.48. The van der Waals surface area contributed by atoms with Gasteiger partial charge in [0.2, 0.25) is 5.95 Å². The van der Waals surface area contributed by atoms with Crippen molar-refractivity contribution >= 4 is 5.95 Å². The van der Waals surface area contributed by atoms with Gasteiger partial charge in [-0.3, -0.25) is 4.90 Å². The van der Waals surface area contributed by atoms with E-state index in [1.807, 2.05) is 6.07 Å². The number of nitrogen functional groups attached to an aromatic ring is 1. The van der Waals surface area contributed by atoms with Crippen LogP contribution in [0.2, 0.25) is 0 Å². The van der Waals surface area contributed by atoms with Gasteiger partial charge in [0.15, 0.2) is 0 Å². The first kappa shape index (κ1) is 11.9. The van der Waals surface area contributed by atoms with Gasteiger partial charge in [-0.15, -0.1) is 0 Å². The molecule has 3 rings (SSSR count). The van der Waals surface area contributed by atoms with Crippen LogP contribution in [0.3, 0.4) is 0 Å². The summed E-state index contributed by atoms with van der Waals surface area (Å²) in [6, 6.07) is 2.83. The van der Waals surface area contributed by atoms with Crippen molar-refractivity contribution < 1.29 is 0 Å². The summed E-state index contributed by atoms with van der Waals surface area (Å²) in [5.74, 6) is 0.971. The molecule has 1 aliphatic heterocycles. The van der Waals surface area contributed by atoms with Crippen molar-refractivity contribution in [1.82, 2.24) is 14.9 Å². The van der Waals surface area contributed by atoms with Gasteiger partial charge in [-0.2, -0.15) is 0 Å². The van der Waals surface area contributed by atoms with Crippen molar-refractivity contribution in [1.29, 1.82) is 0 Å². The van der Waals surface area contributed by atoms with E-state index >= 15 is 0 Å². The largest absolute Gasteiger partial charge is 0.368 e. The van der Waals surface area contributed by atoms with E-state index in [-0.39, 0.29) is 0 Å². The highest BCUT2D eigenvalue weighted by atomic mass is 15.2. The van der Waals surface area contributed by atoms with Crippen molar-refractivity contribution in [2.75, 3.05) is 18.8 Å². The van der Waals surface area contributed by atoms with Gasteiger partial charge in [-0.1, -0.05) is 25.7 Å². The Labute approximate surface area is 109 Å². The van der Waals surface area contributed by atoms with Gasteiger partial charge < -0.3 is 5.73 Å². The quantitative estimate of drug-likeness (QED) is 0.813. The van der Waals surface area contributed by atoms with E-state index in [1.54, 1.807) is 6.20 Å². The minimum Gasteiger partial charge on any atom is -0.368 e. The lowest BCUT2D eigenvalue weighted by Gasteiger charge is -2.44. The van der Waals surface area contributed by atoms with Crippen molar-refractivity contribution in [2.45, 2.75) is 50.5 Å². The molecule has 1 aromatic heterocycles. The van der Waals surface area contributed by atoms with Gasteiger partial charge in [0, 0.05) is 31.2 Å². The van der Waals surface area contributed by atoms with Crippen LogP contribution in [0.1, 0.15) is 50.1 Å². The molecule has 0 unspecified atom stereocenters. The highest BCUT2D eigenvalue weighted by molar-refractivity contribution is 5.22. The molecule has 0 atom stereocenters. The summed E-state index contributed by atoms with van der Waals surface area (Å²) in [6.45, 7) is 2.31. The molecule has 1 saturated heterocycles. The molecule has 2 fully saturated rings. The van der Waals surface area contributed by atoms with Crippen LogP contribution in [0.25, 0.3) is 0 Å². The maximum Gasteiger partial charge on any atom is 0.220 e. The molecule has 0 bridgehead atoms. The second-order valence-electron chi connectivity index (χ2n) is 5.64. The number of rotatable bonds is 2. The molecule has 1 saturated carbocycles. The molecular formula is C14H22N4. The van der Waals surface area contributed by atoms with E-state index in [9.17, 15) is 0 Å². The Morgan fingerprint density at radius 3 is 2.50 bits per heavy atom. The lowest BCUT2D eigenvalue weighted by atomic mass is 9.92. The summed E-state index contributed by atoms with van der Waals surface area (Å²) < 4.78 is 0. The minimum absolute atomic E-state index is 0.403. The normalized spacial score (nSPS) is 23.6. The van der Waals surface area contributed by atoms with Crippen LogP contribution in [0, 0.1) is 0 Å². The molecule has 2 aliphatic rings. The molecule has 4 nitrogen and oxygen atoms in total. The van der Waals surface area contributed by atoms with E-state index in [2.05, 4.69) is 14.9 Å². The monoisotopic (exact) mass is 246 g/mol. The van der Waals surface area contributed by atoms with Gasteiger partial charge in [-0.05, 0) is 18.9 Å². The van der Waals surface area contributed by atoms with E-state index in [0.29, 0.717) is 11.9 Å². The second kappa shape index (κ2) is 5.22. The summed E-state index contributed by atoms with van der Waals surface area (Å²) in [5.41, 5.74) is 6.76. The van der Waals surface area contributed by atoms with Gasteiger partial charge in [-0.25, -0.2) is 9.97 Å². The Morgan fingerprint density at radius 1 is 1.11 bits per heavy atom. The molecule has 1 aliphatic carbocycles. The van der Waals surface area contributed by atoms with Crippen molar-refractivity contribution in [3.63, 3.8) is 0 Å². The fourth-order valence-corrected chi connectivity index (χ4v) is 3.24. The molecule has 18 heavy (non-hydrogen) atoms. The lowest BCUT2D eigenvalue weighted by molar-refractivity contribution is 0.0803. The topological polar surface area (TPSA) is 55.0 Å². The number of aromatic nitrogens is 2. The van der Waals surface area contributed by atoms with Crippen molar-refractivity contribution in [3.05, 3.63) is 18.0 Å². The first-order valence-corrected chi connectivity index (χ1v) is 7.15. The number of hydrogen-bond acceptors (Lipinski definition) is 4. The zero-order chi connectivity index (χ0) is 12.4. The Morgan fingerprint density at radius 2 is 1.83 bits per heavy atom. The average Bonchev–Trinajstić information content (AvgIpc) is 2.56. The van der Waals surface area contributed by atoms with Crippen LogP contribution in [0.5, 0.6) is 0 Å². The summed E-state index contributed by atoms with van der Waals surface area (Å²) in [7, 11) is 0. The molecular weight excluding hydrogens is 224 g/mol. The van der Waals surface area contributed by atoms with Crippen LogP contribution in [-0.4, -0.2) is 34.0 Å². The van der Waals surface area contributed by atoms with Crippen molar-refractivity contribution in [3.8, 4) is 0 Å². The standard InChI is InChI=1S/C14H22N4/c15-14-16-8-7-13(17-14)11-9-18(10-11)12-5-3-1-2-4-6-12/h7-8,11-12H,1-6,9-10H2,(H2,15,16,17). The van der Waals surface area contributed by atoms with Crippen LogP contribution < -0.4 is 5.73 Å². The predicted molar refractivity (Wildman–Crippen MR) is 72.2 cm³/mol. The third-order valence-corrected chi connectivity index (χ3v) is 4.36.